The molecule has 0 amide bonds. The Morgan fingerprint density at radius 3 is 2.75 bits per heavy atom. The number of hydrogen-bond acceptors (Lipinski definition) is 6. The van der Waals surface area contributed by atoms with E-state index in [4.69, 9.17) is 15.7 Å². The first-order chi connectivity index (χ1) is 9.69. The van der Waals surface area contributed by atoms with E-state index in [-0.39, 0.29) is 5.82 Å². The van der Waals surface area contributed by atoms with Crippen molar-refractivity contribution < 1.29 is 4.74 Å². The highest BCUT2D eigenvalue weighted by molar-refractivity contribution is 7.99. The van der Waals surface area contributed by atoms with Gasteiger partial charge in [-0.1, -0.05) is 29.5 Å². The van der Waals surface area contributed by atoms with Gasteiger partial charge in [-0.2, -0.15) is 5.26 Å². The minimum absolute atomic E-state index is 0.212. The van der Waals surface area contributed by atoms with Gasteiger partial charge in [-0.3, -0.25) is 0 Å². The van der Waals surface area contributed by atoms with Crippen LogP contribution in [-0.2, 0) is 0 Å². The van der Waals surface area contributed by atoms with Gasteiger partial charge < -0.3 is 10.5 Å². The molecule has 0 saturated carbocycles. The normalized spacial score (nSPS) is 10.0. The summed E-state index contributed by atoms with van der Waals surface area (Å²) in [6.07, 6.45) is 1.44. The molecule has 6 heteroatoms. The summed E-state index contributed by atoms with van der Waals surface area (Å²) in [5, 5.41) is 9.28. The Bertz CT molecular complexity index is 622. The Hall–Kier alpha value is -2.26. The summed E-state index contributed by atoms with van der Waals surface area (Å²) in [4.78, 5) is 8.11. The number of hydrogen-bond donors (Lipinski definition) is 1. The molecule has 20 heavy (non-hydrogen) atoms. The lowest BCUT2D eigenvalue weighted by atomic mass is 10.2. The van der Waals surface area contributed by atoms with Crippen molar-refractivity contribution in [3.63, 3.8) is 0 Å². The molecule has 0 atom stereocenters. The van der Waals surface area contributed by atoms with E-state index in [1.165, 1.54) is 23.5 Å². The lowest BCUT2D eigenvalue weighted by Gasteiger charge is -2.06. The van der Waals surface area contributed by atoms with Crippen molar-refractivity contribution in [2.45, 2.75) is 12.1 Å². The fraction of sp³-hybridized carbons (Fsp3) is 0.214. The molecule has 5 nitrogen and oxygen atoms in total. The van der Waals surface area contributed by atoms with Gasteiger partial charge in [0.2, 0.25) is 0 Å². The maximum atomic E-state index is 8.73. The Balaban J connectivity index is 1.80. The van der Waals surface area contributed by atoms with Crippen LogP contribution in [0.2, 0.25) is 0 Å². The minimum Gasteiger partial charge on any atom is -0.493 e. The predicted molar refractivity (Wildman–Crippen MR) is 78.6 cm³/mol. The van der Waals surface area contributed by atoms with Gasteiger partial charge in [-0.15, -0.1) is 0 Å². The molecular weight excluding hydrogens is 272 g/mol. The second-order valence-corrected chi connectivity index (χ2v) is 5.14. The van der Waals surface area contributed by atoms with Crippen molar-refractivity contribution in [1.29, 1.82) is 5.26 Å². The second kappa shape index (κ2) is 6.78. The molecule has 0 fully saturated rings. The molecule has 0 radical (unpaired) electrons. The van der Waals surface area contributed by atoms with Crippen LogP contribution in [0.1, 0.15) is 11.1 Å². The summed E-state index contributed by atoms with van der Waals surface area (Å²) in [7, 11) is 0. The van der Waals surface area contributed by atoms with Crippen molar-refractivity contribution in [3.8, 4) is 11.8 Å². The van der Waals surface area contributed by atoms with Crippen LogP contribution in [0.5, 0.6) is 5.75 Å². The van der Waals surface area contributed by atoms with E-state index >= 15 is 0 Å². The van der Waals surface area contributed by atoms with Gasteiger partial charge in [-0.25, -0.2) is 9.97 Å². The molecule has 1 aromatic carbocycles. The highest BCUT2D eigenvalue weighted by atomic mass is 32.2. The van der Waals surface area contributed by atoms with Crippen LogP contribution in [0.3, 0.4) is 0 Å². The molecule has 102 valence electrons. The number of nitrogens with zero attached hydrogens (tertiary/aromatic N) is 3. The van der Waals surface area contributed by atoms with E-state index in [0.29, 0.717) is 23.1 Å². The van der Waals surface area contributed by atoms with Crippen molar-refractivity contribution in [3.05, 3.63) is 41.6 Å². The first-order valence-corrected chi connectivity index (χ1v) is 7.02. The van der Waals surface area contributed by atoms with Gasteiger partial charge in [-0.05, 0) is 19.1 Å². The molecule has 2 rings (SSSR count). The first-order valence-electron chi connectivity index (χ1n) is 6.04. The molecule has 0 aliphatic heterocycles. The second-order valence-electron chi connectivity index (χ2n) is 4.07. The molecule has 0 aliphatic carbocycles. The number of nitrogen functional groups attached to an aromatic ring is 1. The van der Waals surface area contributed by atoms with Crippen molar-refractivity contribution in [2.24, 2.45) is 0 Å². The molecule has 2 aromatic rings. The van der Waals surface area contributed by atoms with Crippen LogP contribution in [0.4, 0.5) is 5.82 Å². The highest BCUT2D eigenvalue weighted by Gasteiger charge is 2.04. The van der Waals surface area contributed by atoms with E-state index < -0.39 is 0 Å². The van der Waals surface area contributed by atoms with Crippen molar-refractivity contribution >= 4 is 17.6 Å². The Kier molecular flexibility index (Phi) is 4.80. The first kappa shape index (κ1) is 14.2. The van der Waals surface area contributed by atoms with Crippen LogP contribution >= 0.6 is 11.8 Å². The monoisotopic (exact) mass is 286 g/mol. The molecule has 1 aromatic heterocycles. The van der Waals surface area contributed by atoms with Gasteiger partial charge in [0.05, 0.1) is 12.8 Å². The Labute approximate surface area is 121 Å². The lowest BCUT2D eigenvalue weighted by molar-refractivity contribution is 0.344. The van der Waals surface area contributed by atoms with E-state index in [0.717, 1.165) is 5.75 Å². The summed E-state index contributed by atoms with van der Waals surface area (Å²) >= 11 is 1.44. The topological polar surface area (TPSA) is 84.8 Å². The lowest BCUT2D eigenvalue weighted by Crippen LogP contribution is -2.02. The van der Waals surface area contributed by atoms with Crippen LogP contribution < -0.4 is 10.5 Å². The number of aryl methyl sites for hydroxylation is 1. The van der Waals surface area contributed by atoms with Crippen molar-refractivity contribution in [2.75, 3.05) is 18.1 Å². The van der Waals surface area contributed by atoms with Gasteiger partial charge in [0, 0.05) is 5.75 Å². The van der Waals surface area contributed by atoms with E-state index in [9.17, 15) is 0 Å². The van der Waals surface area contributed by atoms with Gasteiger partial charge in [0.1, 0.15) is 23.2 Å². The van der Waals surface area contributed by atoms with Crippen LogP contribution in [0.25, 0.3) is 0 Å². The number of nitrogens with two attached hydrogens (primary N) is 1. The highest BCUT2D eigenvalue weighted by Crippen LogP contribution is 2.17. The maximum absolute atomic E-state index is 8.73. The smallest absolute Gasteiger partial charge is 0.189 e. The summed E-state index contributed by atoms with van der Waals surface area (Å²) in [6, 6.07) is 9.83. The molecule has 0 saturated heterocycles. The number of anilines is 1. The van der Waals surface area contributed by atoms with E-state index in [2.05, 4.69) is 9.97 Å². The SMILES string of the molecule is Cc1ccc(OCCSc2ncc(C#N)c(N)n2)cc1. The summed E-state index contributed by atoms with van der Waals surface area (Å²) in [5.74, 6) is 1.76. The molecule has 1 heterocycles. The average molecular weight is 286 g/mol. The molecule has 0 aliphatic rings. The van der Waals surface area contributed by atoms with Gasteiger partial charge in [0.15, 0.2) is 5.16 Å². The van der Waals surface area contributed by atoms with Crippen LogP contribution in [0.15, 0.2) is 35.6 Å². The van der Waals surface area contributed by atoms with E-state index in [1.54, 1.807) is 0 Å². The number of benzene rings is 1. The van der Waals surface area contributed by atoms with E-state index in [1.807, 2.05) is 37.3 Å². The van der Waals surface area contributed by atoms with Gasteiger partial charge >= 0.3 is 0 Å². The number of rotatable bonds is 5. The standard InChI is InChI=1S/C14H14N4OS/c1-10-2-4-12(5-3-10)19-6-7-20-14-17-9-11(8-15)13(16)18-14/h2-5,9H,6-7H2,1H3,(H2,16,17,18). The molecule has 0 unspecified atom stereocenters. The average Bonchev–Trinajstić information content (AvgIpc) is 2.46. The summed E-state index contributed by atoms with van der Waals surface area (Å²) in [5.41, 5.74) is 7.12. The molecular formula is C14H14N4OS. The third-order valence-corrected chi connectivity index (χ3v) is 3.35. The van der Waals surface area contributed by atoms with Crippen molar-refractivity contribution in [1.82, 2.24) is 9.97 Å². The molecule has 0 spiro atoms. The zero-order valence-corrected chi connectivity index (χ0v) is 11.9. The van der Waals surface area contributed by atoms with Gasteiger partial charge in [0.25, 0.3) is 0 Å². The Morgan fingerprint density at radius 2 is 2.10 bits per heavy atom. The summed E-state index contributed by atoms with van der Waals surface area (Å²) < 4.78 is 5.60. The molecule has 2 N–H and O–H groups in total. The quantitative estimate of drug-likeness (QED) is 0.516. The Morgan fingerprint density at radius 1 is 1.35 bits per heavy atom. The maximum Gasteiger partial charge on any atom is 0.189 e. The molecule has 0 bridgehead atoms. The minimum atomic E-state index is 0.212. The van der Waals surface area contributed by atoms with Crippen LogP contribution in [0, 0.1) is 18.3 Å². The number of aromatic nitrogens is 2. The third kappa shape index (κ3) is 3.87. The zero-order valence-electron chi connectivity index (χ0n) is 11.0. The third-order valence-electron chi connectivity index (χ3n) is 2.52. The fourth-order valence-corrected chi connectivity index (χ4v) is 2.10. The number of ether oxygens (including phenoxy) is 1. The number of nitriles is 1. The van der Waals surface area contributed by atoms with Crippen LogP contribution in [-0.4, -0.2) is 22.3 Å². The zero-order chi connectivity index (χ0) is 14.4. The number of thioether (sulfide) groups is 1. The summed E-state index contributed by atoms with van der Waals surface area (Å²) in [6.45, 7) is 2.59. The fourth-order valence-electron chi connectivity index (χ4n) is 1.46. The predicted octanol–water partition coefficient (Wildman–Crippen LogP) is 2.41. The largest absolute Gasteiger partial charge is 0.493 e.